The van der Waals surface area contributed by atoms with E-state index < -0.39 is 0 Å². The fourth-order valence-corrected chi connectivity index (χ4v) is 4.09. The number of amides is 3. The van der Waals surface area contributed by atoms with E-state index in [4.69, 9.17) is 4.74 Å². The summed E-state index contributed by atoms with van der Waals surface area (Å²) < 4.78 is 5.57. The van der Waals surface area contributed by atoms with E-state index in [2.05, 4.69) is 24.4 Å². The van der Waals surface area contributed by atoms with Crippen LogP contribution in [-0.2, 0) is 11.3 Å². The molecule has 2 fully saturated rings. The Morgan fingerprint density at radius 3 is 2.80 bits per heavy atom. The molecule has 1 N–H and O–H groups in total. The monoisotopic (exact) mass is 407 g/mol. The van der Waals surface area contributed by atoms with Crippen LogP contribution in [-0.4, -0.2) is 49.2 Å². The molecule has 3 amide bonds. The molecular formula is C24H29N3O3. The van der Waals surface area contributed by atoms with E-state index in [0.29, 0.717) is 25.2 Å². The zero-order valence-corrected chi connectivity index (χ0v) is 17.5. The lowest BCUT2D eigenvalue weighted by atomic mass is 10.1. The first-order chi connectivity index (χ1) is 14.6. The summed E-state index contributed by atoms with van der Waals surface area (Å²) in [6.07, 6.45) is 3.04. The molecule has 2 aromatic carbocycles. The van der Waals surface area contributed by atoms with E-state index in [0.717, 1.165) is 43.7 Å². The van der Waals surface area contributed by atoms with Gasteiger partial charge in [0.25, 0.3) is 5.91 Å². The molecule has 6 nitrogen and oxygen atoms in total. The van der Waals surface area contributed by atoms with Crippen LogP contribution in [0.5, 0.6) is 0 Å². The van der Waals surface area contributed by atoms with Crippen LogP contribution in [0.15, 0.2) is 48.5 Å². The number of ether oxygens (including phenoxy) is 1. The van der Waals surface area contributed by atoms with Crippen molar-refractivity contribution < 1.29 is 14.3 Å². The second-order valence-corrected chi connectivity index (χ2v) is 8.03. The Labute approximate surface area is 177 Å². The molecule has 2 saturated heterocycles. The molecule has 2 heterocycles. The molecule has 6 heteroatoms. The van der Waals surface area contributed by atoms with E-state index in [1.807, 2.05) is 29.2 Å². The number of anilines is 1. The summed E-state index contributed by atoms with van der Waals surface area (Å²) >= 11 is 0. The number of carbonyl (C=O) groups excluding carboxylic acids is 2. The van der Waals surface area contributed by atoms with Crippen molar-refractivity contribution in [3.8, 4) is 0 Å². The zero-order valence-electron chi connectivity index (χ0n) is 17.5. The van der Waals surface area contributed by atoms with Crippen molar-refractivity contribution in [1.82, 2.24) is 10.2 Å². The van der Waals surface area contributed by atoms with Gasteiger partial charge in [0.15, 0.2) is 0 Å². The minimum Gasteiger partial charge on any atom is -0.376 e. The number of carbonyl (C=O) groups is 2. The molecule has 0 bridgehead atoms. The molecular weight excluding hydrogens is 378 g/mol. The summed E-state index contributed by atoms with van der Waals surface area (Å²) in [4.78, 5) is 29.4. The third-order valence-electron chi connectivity index (χ3n) is 5.87. The standard InChI is InChI=1S/C24H29N3O3/c1-18-7-2-3-8-20(18)17-26-12-6-13-27(24(26)29)21-10-4-9-19(15-21)23(28)25-16-22-11-5-14-30-22/h2-4,7-10,15,22H,5-6,11-14,16-17H2,1H3,(H,25,28). The van der Waals surface area contributed by atoms with Crippen molar-refractivity contribution in [2.45, 2.75) is 38.8 Å². The molecule has 0 spiro atoms. The van der Waals surface area contributed by atoms with E-state index in [9.17, 15) is 9.59 Å². The summed E-state index contributed by atoms with van der Waals surface area (Å²) in [6, 6.07) is 15.5. The maximum atomic E-state index is 13.2. The second-order valence-electron chi connectivity index (χ2n) is 8.03. The first kappa shape index (κ1) is 20.4. The molecule has 4 rings (SSSR count). The molecule has 2 aliphatic rings. The molecule has 1 atom stereocenters. The normalized spacial score (nSPS) is 19.2. The third-order valence-corrected chi connectivity index (χ3v) is 5.87. The van der Waals surface area contributed by atoms with Gasteiger partial charge >= 0.3 is 6.03 Å². The quantitative estimate of drug-likeness (QED) is 0.794. The Hall–Kier alpha value is -2.86. The first-order valence-electron chi connectivity index (χ1n) is 10.7. The highest BCUT2D eigenvalue weighted by Gasteiger charge is 2.27. The molecule has 1 unspecified atom stereocenters. The van der Waals surface area contributed by atoms with Crippen LogP contribution in [0.4, 0.5) is 10.5 Å². The predicted octanol–water partition coefficient (Wildman–Crippen LogP) is 3.74. The fourth-order valence-electron chi connectivity index (χ4n) is 4.09. The second kappa shape index (κ2) is 9.30. The highest BCUT2D eigenvalue weighted by molar-refractivity contribution is 5.98. The number of aryl methyl sites for hydroxylation is 1. The number of hydrogen-bond acceptors (Lipinski definition) is 3. The van der Waals surface area contributed by atoms with E-state index in [1.165, 1.54) is 5.56 Å². The Morgan fingerprint density at radius 1 is 1.13 bits per heavy atom. The number of nitrogens with zero attached hydrogens (tertiary/aromatic N) is 2. The van der Waals surface area contributed by atoms with Gasteiger partial charge in [0, 0.05) is 44.0 Å². The molecule has 0 saturated carbocycles. The predicted molar refractivity (Wildman–Crippen MR) is 117 cm³/mol. The lowest BCUT2D eigenvalue weighted by Gasteiger charge is -2.36. The van der Waals surface area contributed by atoms with Gasteiger partial charge in [-0.05, 0) is 55.5 Å². The molecule has 30 heavy (non-hydrogen) atoms. The van der Waals surface area contributed by atoms with Gasteiger partial charge in [-0.15, -0.1) is 0 Å². The Kier molecular flexibility index (Phi) is 6.33. The smallest absolute Gasteiger partial charge is 0.324 e. The molecule has 2 aromatic rings. The van der Waals surface area contributed by atoms with Crippen molar-refractivity contribution in [1.29, 1.82) is 0 Å². The van der Waals surface area contributed by atoms with Crippen molar-refractivity contribution in [3.63, 3.8) is 0 Å². The van der Waals surface area contributed by atoms with E-state index in [-0.39, 0.29) is 18.0 Å². The maximum absolute atomic E-state index is 13.2. The van der Waals surface area contributed by atoms with E-state index >= 15 is 0 Å². The first-order valence-corrected chi connectivity index (χ1v) is 10.7. The summed E-state index contributed by atoms with van der Waals surface area (Å²) in [5.41, 5.74) is 3.68. The fraction of sp³-hybridized carbons (Fsp3) is 0.417. The number of nitrogens with one attached hydrogen (secondary N) is 1. The SMILES string of the molecule is Cc1ccccc1CN1CCCN(c2cccc(C(=O)NCC3CCCO3)c2)C1=O. The van der Waals surface area contributed by atoms with Crippen molar-refractivity contribution in [2.24, 2.45) is 0 Å². The van der Waals surface area contributed by atoms with Gasteiger partial charge in [0.2, 0.25) is 0 Å². The van der Waals surface area contributed by atoms with Crippen LogP contribution in [0.2, 0.25) is 0 Å². The average molecular weight is 408 g/mol. The van der Waals surface area contributed by atoms with Crippen LogP contribution >= 0.6 is 0 Å². The van der Waals surface area contributed by atoms with Gasteiger partial charge in [-0.25, -0.2) is 4.79 Å². The highest BCUT2D eigenvalue weighted by Crippen LogP contribution is 2.23. The number of rotatable bonds is 6. The molecule has 158 valence electrons. The van der Waals surface area contributed by atoms with Crippen LogP contribution in [0.3, 0.4) is 0 Å². The van der Waals surface area contributed by atoms with Gasteiger partial charge in [0.05, 0.1) is 6.10 Å². The Morgan fingerprint density at radius 2 is 2.00 bits per heavy atom. The van der Waals surface area contributed by atoms with Gasteiger partial charge in [-0.2, -0.15) is 0 Å². The van der Waals surface area contributed by atoms with Gasteiger partial charge in [-0.3, -0.25) is 9.69 Å². The Balaban J connectivity index is 1.43. The average Bonchev–Trinajstić information content (AvgIpc) is 3.29. The minimum atomic E-state index is -0.131. The summed E-state index contributed by atoms with van der Waals surface area (Å²) in [5, 5.41) is 2.95. The highest BCUT2D eigenvalue weighted by atomic mass is 16.5. The third kappa shape index (κ3) is 4.65. The number of benzene rings is 2. The topological polar surface area (TPSA) is 61.9 Å². The lowest BCUT2D eigenvalue weighted by Crippen LogP contribution is -2.49. The lowest BCUT2D eigenvalue weighted by molar-refractivity contribution is 0.0857. The molecule has 2 aliphatic heterocycles. The van der Waals surface area contributed by atoms with Crippen molar-refractivity contribution >= 4 is 17.6 Å². The van der Waals surface area contributed by atoms with Gasteiger partial charge in [0.1, 0.15) is 0 Å². The van der Waals surface area contributed by atoms with Crippen LogP contribution < -0.4 is 10.2 Å². The van der Waals surface area contributed by atoms with Crippen LogP contribution in [0, 0.1) is 6.92 Å². The van der Waals surface area contributed by atoms with Crippen molar-refractivity contribution in [2.75, 3.05) is 31.1 Å². The summed E-state index contributed by atoms with van der Waals surface area (Å²) in [6.45, 7) is 5.36. The number of hydrogen-bond donors (Lipinski definition) is 1. The molecule has 0 aromatic heterocycles. The molecule has 0 radical (unpaired) electrons. The van der Waals surface area contributed by atoms with Crippen molar-refractivity contribution in [3.05, 3.63) is 65.2 Å². The maximum Gasteiger partial charge on any atom is 0.324 e. The molecule has 0 aliphatic carbocycles. The van der Waals surface area contributed by atoms with Crippen LogP contribution in [0.1, 0.15) is 40.7 Å². The Bertz CT molecular complexity index is 908. The largest absolute Gasteiger partial charge is 0.376 e. The van der Waals surface area contributed by atoms with Gasteiger partial charge in [-0.1, -0.05) is 30.3 Å². The van der Waals surface area contributed by atoms with Gasteiger partial charge < -0.3 is 15.0 Å². The number of urea groups is 1. The van der Waals surface area contributed by atoms with Crippen LogP contribution in [0.25, 0.3) is 0 Å². The summed E-state index contributed by atoms with van der Waals surface area (Å²) in [5.74, 6) is -0.131. The van der Waals surface area contributed by atoms with E-state index in [1.54, 1.807) is 17.0 Å². The zero-order chi connectivity index (χ0) is 20.9. The minimum absolute atomic E-state index is 0.0126. The summed E-state index contributed by atoms with van der Waals surface area (Å²) in [7, 11) is 0.